The van der Waals surface area contributed by atoms with Crippen molar-refractivity contribution in [1.29, 1.82) is 5.26 Å². The summed E-state index contributed by atoms with van der Waals surface area (Å²) in [6.45, 7) is -0.101. The molecule has 0 aromatic heterocycles. The lowest BCUT2D eigenvalue weighted by atomic mass is 10.0. The van der Waals surface area contributed by atoms with Crippen LogP contribution in [0.15, 0.2) is 54.6 Å². The molecule has 0 saturated carbocycles. The normalized spacial score (nSPS) is 11.1. The predicted octanol–water partition coefficient (Wildman–Crippen LogP) is 2.90. The van der Waals surface area contributed by atoms with Crippen molar-refractivity contribution >= 4 is 17.8 Å². The van der Waals surface area contributed by atoms with E-state index < -0.39 is 18.1 Å². The molecule has 0 aliphatic heterocycles. The number of aliphatic carboxylic acids is 1. The van der Waals surface area contributed by atoms with Crippen molar-refractivity contribution in [2.45, 2.75) is 25.5 Å². The number of benzene rings is 2. The minimum atomic E-state index is -1.25. The molecule has 2 N–H and O–H groups in total. The molecule has 2 aromatic rings. The summed E-state index contributed by atoms with van der Waals surface area (Å²) in [5.41, 5.74) is 1.52. The van der Waals surface area contributed by atoms with E-state index >= 15 is 0 Å². The molecule has 7 nitrogen and oxygen atoms in total. The van der Waals surface area contributed by atoms with Crippen molar-refractivity contribution in [3.05, 3.63) is 71.3 Å². The van der Waals surface area contributed by atoms with Crippen LogP contribution in [0.3, 0.4) is 0 Å². The molecule has 0 aliphatic carbocycles. The molecule has 27 heavy (non-hydrogen) atoms. The van der Waals surface area contributed by atoms with E-state index in [0.29, 0.717) is 16.7 Å². The number of hydrogen-bond donors (Lipinski definition) is 2. The van der Waals surface area contributed by atoms with Crippen LogP contribution < -0.4 is 5.32 Å². The van der Waals surface area contributed by atoms with Crippen molar-refractivity contribution in [1.82, 2.24) is 5.32 Å². The fraction of sp³-hybridized carbons (Fsp3) is 0.200. The van der Waals surface area contributed by atoms with Crippen molar-refractivity contribution < 1.29 is 24.2 Å². The van der Waals surface area contributed by atoms with Gasteiger partial charge in [-0.2, -0.15) is 5.26 Å². The molecule has 0 saturated heterocycles. The third-order valence-electron chi connectivity index (χ3n) is 3.77. The SMILES string of the molecule is N#Cc1cccc(COC(=O)NC(CCC(=O)c2ccccc2)C(=O)O)c1. The monoisotopic (exact) mass is 366 g/mol. The topological polar surface area (TPSA) is 116 Å². The Bertz CT molecular complexity index is 858. The Balaban J connectivity index is 1.85. The molecule has 0 spiro atoms. The number of hydrogen-bond acceptors (Lipinski definition) is 5. The number of ketones is 1. The first-order valence-electron chi connectivity index (χ1n) is 8.23. The van der Waals surface area contributed by atoms with E-state index in [0.717, 1.165) is 0 Å². The molecule has 1 atom stereocenters. The van der Waals surface area contributed by atoms with Crippen LogP contribution in [0.2, 0.25) is 0 Å². The minimum absolute atomic E-state index is 0.0223. The lowest BCUT2D eigenvalue weighted by Gasteiger charge is -2.14. The van der Waals surface area contributed by atoms with E-state index in [4.69, 9.17) is 10.00 Å². The van der Waals surface area contributed by atoms with E-state index in [-0.39, 0.29) is 25.2 Å². The molecule has 0 fully saturated rings. The highest BCUT2D eigenvalue weighted by molar-refractivity contribution is 5.96. The number of carbonyl (C=O) groups excluding carboxylic acids is 2. The number of nitriles is 1. The smallest absolute Gasteiger partial charge is 0.408 e. The van der Waals surface area contributed by atoms with Crippen LogP contribution >= 0.6 is 0 Å². The molecule has 2 rings (SSSR count). The summed E-state index contributed by atoms with van der Waals surface area (Å²) in [6.07, 6.45) is -0.981. The Morgan fingerprint density at radius 1 is 1.11 bits per heavy atom. The zero-order chi connectivity index (χ0) is 19.6. The molecule has 1 amide bonds. The number of rotatable bonds is 8. The highest BCUT2D eigenvalue weighted by Crippen LogP contribution is 2.09. The standard InChI is InChI=1S/C20H18N2O5/c21-12-14-5-4-6-15(11-14)13-27-20(26)22-17(19(24)25)9-10-18(23)16-7-2-1-3-8-16/h1-8,11,17H,9-10,13H2,(H,22,26)(H,24,25). The second-order valence-corrected chi connectivity index (χ2v) is 5.75. The maximum absolute atomic E-state index is 12.1. The number of ether oxygens (including phenoxy) is 1. The van der Waals surface area contributed by atoms with E-state index in [1.165, 1.54) is 0 Å². The molecular formula is C20H18N2O5. The molecule has 0 heterocycles. The van der Waals surface area contributed by atoms with Gasteiger partial charge in [0.05, 0.1) is 11.6 Å². The van der Waals surface area contributed by atoms with Gasteiger partial charge in [-0.1, -0.05) is 42.5 Å². The molecule has 7 heteroatoms. The Morgan fingerprint density at radius 3 is 2.52 bits per heavy atom. The van der Waals surface area contributed by atoms with Crippen LogP contribution in [0, 0.1) is 11.3 Å². The van der Waals surface area contributed by atoms with Gasteiger partial charge in [-0.25, -0.2) is 9.59 Å². The van der Waals surface area contributed by atoms with Crippen LogP contribution in [0.4, 0.5) is 4.79 Å². The first-order chi connectivity index (χ1) is 13.0. The maximum Gasteiger partial charge on any atom is 0.408 e. The third-order valence-corrected chi connectivity index (χ3v) is 3.77. The molecule has 0 aliphatic rings. The van der Waals surface area contributed by atoms with Gasteiger partial charge in [0.15, 0.2) is 5.78 Å². The molecule has 0 radical (unpaired) electrons. The van der Waals surface area contributed by atoms with Gasteiger partial charge in [-0.05, 0) is 24.1 Å². The Labute approximate surface area is 156 Å². The number of Topliss-reactive ketones (excluding diaryl/α,β-unsaturated/α-hetero) is 1. The third kappa shape index (κ3) is 6.29. The molecule has 1 unspecified atom stereocenters. The zero-order valence-corrected chi connectivity index (χ0v) is 14.4. The highest BCUT2D eigenvalue weighted by Gasteiger charge is 2.22. The van der Waals surface area contributed by atoms with E-state index in [1.54, 1.807) is 54.6 Å². The zero-order valence-electron chi connectivity index (χ0n) is 14.4. The van der Waals surface area contributed by atoms with E-state index in [1.807, 2.05) is 6.07 Å². The van der Waals surface area contributed by atoms with Gasteiger partial charge in [-0.3, -0.25) is 4.79 Å². The summed E-state index contributed by atoms with van der Waals surface area (Å²) in [7, 11) is 0. The predicted molar refractivity (Wildman–Crippen MR) is 95.9 cm³/mol. The second kappa shape index (κ2) is 9.73. The van der Waals surface area contributed by atoms with Crippen LogP contribution in [0.25, 0.3) is 0 Å². The fourth-order valence-electron chi connectivity index (χ4n) is 2.36. The van der Waals surface area contributed by atoms with Gasteiger partial charge in [0.25, 0.3) is 0 Å². The van der Waals surface area contributed by atoms with Gasteiger partial charge in [0.1, 0.15) is 12.6 Å². The van der Waals surface area contributed by atoms with Crippen molar-refractivity contribution in [2.24, 2.45) is 0 Å². The van der Waals surface area contributed by atoms with Gasteiger partial charge >= 0.3 is 12.1 Å². The number of nitrogens with zero attached hydrogens (tertiary/aromatic N) is 1. The Morgan fingerprint density at radius 2 is 1.85 bits per heavy atom. The fourth-order valence-corrected chi connectivity index (χ4v) is 2.36. The maximum atomic E-state index is 12.1. The van der Waals surface area contributed by atoms with Crippen LogP contribution in [0.1, 0.15) is 34.3 Å². The summed E-state index contributed by atoms with van der Waals surface area (Å²) in [4.78, 5) is 35.2. The number of nitrogens with one attached hydrogen (secondary N) is 1. The number of carboxylic acids is 1. The highest BCUT2D eigenvalue weighted by atomic mass is 16.5. The van der Waals surface area contributed by atoms with Crippen molar-refractivity contribution in [2.75, 3.05) is 0 Å². The largest absolute Gasteiger partial charge is 0.480 e. The van der Waals surface area contributed by atoms with E-state index in [9.17, 15) is 19.5 Å². The van der Waals surface area contributed by atoms with Crippen LogP contribution in [-0.2, 0) is 16.1 Å². The molecule has 2 aromatic carbocycles. The summed E-state index contributed by atoms with van der Waals surface area (Å²) >= 11 is 0. The Kier molecular flexibility index (Phi) is 7.08. The average molecular weight is 366 g/mol. The lowest BCUT2D eigenvalue weighted by Crippen LogP contribution is -2.41. The van der Waals surface area contributed by atoms with Crippen LogP contribution in [-0.4, -0.2) is 29.0 Å². The minimum Gasteiger partial charge on any atom is -0.480 e. The molecular weight excluding hydrogens is 348 g/mol. The number of carboxylic acid groups (broad SMARTS) is 1. The quantitative estimate of drug-likeness (QED) is 0.694. The Hall–Kier alpha value is -3.66. The molecule has 0 bridgehead atoms. The van der Waals surface area contributed by atoms with Crippen molar-refractivity contribution in [3.63, 3.8) is 0 Å². The number of alkyl carbamates (subject to hydrolysis) is 1. The molecule has 138 valence electrons. The summed E-state index contributed by atoms with van der Waals surface area (Å²) in [5, 5.41) is 20.3. The lowest BCUT2D eigenvalue weighted by molar-refractivity contribution is -0.139. The average Bonchev–Trinajstić information content (AvgIpc) is 2.69. The number of carbonyl (C=O) groups is 3. The van der Waals surface area contributed by atoms with Gasteiger partial charge < -0.3 is 15.2 Å². The van der Waals surface area contributed by atoms with Crippen LogP contribution in [0.5, 0.6) is 0 Å². The summed E-state index contributed by atoms with van der Waals surface area (Å²) in [5.74, 6) is -1.45. The van der Waals surface area contributed by atoms with Crippen molar-refractivity contribution in [3.8, 4) is 6.07 Å². The van der Waals surface area contributed by atoms with Gasteiger partial charge in [-0.15, -0.1) is 0 Å². The van der Waals surface area contributed by atoms with E-state index in [2.05, 4.69) is 5.32 Å². The summed E-state index contributed by atoms with van der Waals surface area (Å²) < 4.78 is 4.99. The van der Waals surface area contributed by atoms with Gasteiger partial charge in [0.2, 0.25) is 0 Å². The summed E-state index contributed by atoms with van der Waals surface area (Å²) in [6, 6.07) is 15.8. The van der Waals surface area contributed by atoms with Gasteiger partial charge in [0, 0.05) is 12.0 Å². The first-order valence-corrected chi connectivity index (χ1v) is 8.23. The number of amides is 1. The first kappa shape index (κ1) is 19.7. The second-order valence-electron chi connectivity index (χ2n) is 5.75.